The number of anilines is 4. The number of carbonyl (C=O) groups is 1. The average molecular weight is 478 g/mol. The molecule has 1 amide bonds. The van der Waals surface area contributed by atoms with Gasteiger partial charge in [0.2, 0.25) is 5.28 Å². The highest BCUT2D eigenvalue weighted by Crippen LogP contribution is 2.28. The second-order valence-corrected chi connectivity index (χ2v) is 8.99. The number of nitrogens with one attached hydrogen (secondary N) is 2. The van der Waals surface area contributed by atoms with Crippen LogP contribution in [0.5, 0.6) is 0 Å². The Kier molecular flexibility index (Phi) is 6.57. The van der Waals surface area contributed by atoms with Crippen molar-refractivity contribution in [2.75, 3.05) is 48.8 Å². The molecule has 0 spiro atoms. The molecule has 1 aromatic carbocycles. The zero-order valence-corrected chi connectivity index (χ0v) is 19.4. The number of halogens is 2. The Hall–Kier alpha value is -2.46. The molecule has 4 rings (SSSR count). The van der Waals surface area contributed by atoms with Crippen molar-refractivity contribution in [1.29, 1.82) is 0 Å². The Morgan fingerprint density at radius 3 is 2.68 bits per heavy atom. The molecular formula is C20H21Cl2N7OS. The molecule has 0 aliphatic carbocycles. The Bertz CT molecular complexity index is 1080. The molecule has 8 nitrogen and oxygen atoms in total. The minimum atomic E-state index is -0.277. The summed E-state index contributed by atoms with van der Waals surface area (Å²) in [6, 6.07) is 7.30. The van der Waals surface area contributed by atoms with Crippen LogP contribution in [0.3, 0.4) is 0 Å². The van der Waals surface area contributed by atoms with Gasteiger partial charge in [-0.25, -0.2) is 15.0 Å². The fraction of sp³-hybridized carbons (Fsp3) is 0.300. The molecule has 0 atom stereocenters. The first-order valence-electron chi connectivity index (χ1n) is 9.66. The predicted molar refractivity (Wildman–Crippen MR) is 126 cm³/mol. The molecule has 1 aliphatic rings. The quantitative estimate of drug-likeness (QED) is 0.529. The SMILES string of the molecule is Cc1cccc(Cl)c1NC(=O)c1cnc(Nc2cc(N3CCN(C)CC3)nc(Cl)n2)s1. The minimum absolute atomic E-state index is 0.155. The molecule has 162 valence electrons. The third-order valence-electron chi connectivity index (χ3n) is 4.94. The van der Waals surface area contributed by atoms with Gasteiger partial charge in [0, 0.05) is 32.2 Å². The lowest BCUT2D eigenvalue weighted by atomic mass is 10.2. The van der Waals surface area contributed by atoms with Crippen LogP contribution >= 0.6 is 34.5 Å². The van der Waals surface area contributed by atoms with Gasteiger partial charge in [-0.2, -0.15) is 0 Å². The number of hydrogen-bond donors (Lipinski definition) is 2. The van der Waals surface area contributed by atoms with E-state index in [1.165, 1.54) is 17.5 Å². The van der Waals surface area contributed by atoms with Gasteiger partial charge in [-0.1, -0.05) is 35.1 Å². The Balaban J connectivity index is 1.47. The summed E-state index contributed by atoms with van der Waals surface area (Å²) in [5, 5.41) is 7.15. The standard InChI is InChI=1S/C20H21Cl2N7OS/c1-12-4-3-5-13(21)17(12)27-18(30)14-11-23-20(31-14)25-15-10-16(26-19(22)24-15)29-8-6-28(2)7-9-29/h3-5,10-11H,6-9H2,1-2H3,(H,27,30)(H,23,24,25,26). The molecule has 0 saturated carbocycles. The fourth-order valence-corrected chi connectivity index (χ4v) is 4.34. The number of piperazine rings is 1. The molecule has 0 bridgehead atoms. The van der Waals surface area contributed by atoms with E-state index in [1.54, 1.807) is 6.07 Å². The number of benzene rings is 1. The Morgan fingerprint density at radius 2 is 1.94 bits per heavy atom. The second-order valence-electron chi connectivity index (χ2n) is 7.21. The van der Waals surface area contributed by atoms with E-state index in [1.807, 2.05) is 25.1 Å². The zero-order chi connectivity index (χ0) is 22.0. The van der Waals surface area contributed by atoms with Crippen LogP contribution in [0.4, 0.5) is 22.5 Å². The van der Waals surface area contributed by atoms with Crippen molar-refractivity contribution in [3.05, 3.63) is 51.2 Å². The lowest BCUT2D eigenvalue weighted by Crippen LogP contribution is -2.44. The highest BCUT2D eigenvalue weighted by molar-refractivity contribution is 7.17. The second kappa shape index (κ2) is 9.35. The number of para-hydroxylation sites is 1. The Labute approximate surface area is 194 Å². The van der Waals surface area contributed by atoms with Gasteiger partial charge in [0.05, 0.1) is 16.9 Å². The molecular weight excluding hydrogens is 457 g/mol. The van der Waals surface area contributed by atoms with Crippen LogP contribution in [0.15, 0.2) is 30.5 Å². The third-order valence-corrected chi connectivity index (χ3v) is 6.33. The molecule has 11 heteroatoms. The summed E-state index contributed by atoms with van der Waals surface area (Å²) in [6.45, 7) is 5.54. The molecule has 1 aliphatic heterocycles. The van der Waals surface area contributed by atoms with Gasteiger partial charge < -0.3 is 20.4 Å². The van der Waals surface area contributed by atoms with Crippen molar-refractivity contribution in [3.8, 4) is 0 Å². The minimum Gasteiger partial charge on any atom is -0.354 e. The molecule has 1 saturated heterocycles. The predicted octanol–water partition coefficient (Wildman–Crippen LogP) is 4.30. The lowest BCUT2D eigenvalue weighted by molar-refractivity contribution is 0.103. The normalized spacial score (nSPS) is 14.5. The van der Waals surface area contributed by atoms with Crippen molar-refractivity contribution in [1.82, 2.24) is 19.9 Å². The number of carbonyl (C=O) groups excluding carboxylic acids is 1. The van der Waals surface area contributed by atoms with Gasteiger partial charge in [-0.3, -0.25) is 4.79 Å². The van der Waals surface area contributed by atoms with E-state index < -0.39 is 0 Å². The van der Waals surface area contributed by atoms with Gasteiger partial charge in [-0.15, -0.1) is 0 Å². The highest BCUT2D eigenvalue weighted by Gasteiger charge is 2.18. The summed E-state index contributed by atoms with van der Waals surface area (Å²) in [4.78, 5) is 30.4. The summed E-state index contributed by atoms with van der Waals surface area (Å²) in [7, 11) is 2.10. The number of hydrogen-bond acceptors (Lipinski definition) is 8. The van der Waals surface area contributed by atoms with Crippen molar-refractivity contribution in [3.63, 3.8) is 0 Å². The average Bonchev–Trinajstić information content (AvgIpc) is 3.19. The van der Waals surface area contributed by atoms with Crippen LogP contribution in [0.25, 0.3) is 0 Å². The Morgan fingerprint density at radius 1 is 1.16 bits per heavy atom. The van der Waals surface area contributed by atoms with Crippen LogP contribution in [-0.4, -0.2) is 59.0 Å². The summed E-state index contributed by atoms with van der Waals surface area (Å²) in [5.74, 6) is 1.01. The number of rotatable bonds is 5. The van der Waals surface area contributed by atoms with Crippen LogP contribution < -0.4 is 15.5 Å². The van der Waals surface area contributed by atoms with Crippen LogP contribution in [0.1, 0.15) is 15.2 Å². The number of thiazole rings is 1. The first-order chi connectivity index (χ1) is 14.9. The van der Waals surface area contributed by atoms with Gasteiger partial charge in [0.25, 0.3) is 5.91 Å². The zero-order valence-electron chi connectivity index (χ0n) is 17.0. The van der Waals surface area contributed by atoms with Crippen molar-refractivity contribution >= 4 is 62.9 Å². The number of likely N-dealkylation sites (N-methyl/N-ethyl adjacent to an activating group) is 1. The van der Waals surface area contributed by atoms with Crippen LogP contribution in [0, 0.1) is 6.92 Å². The van der Waals surface area contributed by atoms with E-state index in [0.717, 1.165) is 37.6 Å². The maximum absolute atomic E-state index is 12.6. The monoisotopic (exact) mass is 477 g/mol. The van der Waals surface area contributed by atoms with Crippen molar-refractivity contribution in [2.24, 2.45) is 0 Å². The van der Waals surface area contributed by atoms with E-state index in [9.17, 15) is 4.79 Å². The number of nitrogens with zero attached hydrogens (tertiary/aromatic N) is 5. The molecule has 0 radical (unpaired) electrons. The first-order valence-corrected chi connectivity index (χ1v) is 11.2. The number of aryl methyl sites for hydroxylation is 1. The molecule has 2 aromatic heterocycles. The molecule has 3 heterocycles. The summed E-state index contributed by atoms with van der Waals surface area (Å²) in [5.41, 5.74) is 1.48. The van der Waals surface area contributed by atoms with E-state index >= 15 is 0 Å². The van der Waals surface area contributed by atoms with Crippen molar-refractivity contribution in [2.45, 2.75) is 6.92 Å². The van der Waals surface area contributed by atoms with Gasteiger partial charge in [0.1, 0.15) is 16.5 Å². The molecule has 3 aromatic rings. The van der Waals surface area contributed by atoms with Crippen molar-refractivity contribution < 1.29 is 4.79 Å². The largest absolute Gasteiger partial charge is 0.354 e. The highest BCUT2D eigenvalue weighted by atomic mass is 35.5. The van der Waals surface area contributed by atoms with Gasteiger partial charge >= 0.3 is 0 Å². The topological polar surface area (TPSA) is 86.3 Å². The van der Waals surface area contributed by atoms with Gasteiger partial charge in [-0.05, 0) is 37.2 Å². The number of aromatic nitrogens is 3. The van der Waals surface area contributed by atoms with E-state index in [2.05, 4.69) is 42.4 Å². The van der Waals surface area contributed by atoms with Crippen LogP contribution in [0.2, 0.25) is 10.3 Å². The summed E-state index contributed by atoms with van der Waals surface area (Å²) < 4.78 is 0. The molecule has 2 N–H and O–H groups in total. The summed E-state index contributed by atoms with van der Waals surface area (Å²) in [6.07, 6.45) is 1.51. The number of amides is 1. The van der Waals surface area contributed by atoms with E-state index in [4.69, 9.17) is 23.2 Å². The smallest absolute Gasteiger partial charge is 0.267 e. The molecule has 0 unspecified atom stereocenters. The van der Waals surface area contributed by atoms with E-state index in [0.29, 0.717) is 26.5 Å². The molecule has 31 heavy (non-hydrogen) atoms. The lowest BCUT2D eigenvalue weighted by Gasteiger charge is -2.33. The molecule has 1 fully saturated rings. The maximum Gasteiger partial charge on any atom is 0.267 e. The maximum atomic E-state index is 12.6. The summed E-state index contributed by atoms with van der Waals surface area (Å²) >= 11 is 13.6. The van der Waals surface area contributed by atoms with Gasteiger partial charge in [0.15, 0.2) is 5.13 Å². The third kappa shape index (κ3) is 5.24. The van der Waals surface area contributed by atoms with E-state index in [-0.39, 0.29) is 11.2 Å². The fourth-order valence-electron chi connectivity index (χ4n) is 3.18. The van der Waals surface area contributed by atoms with Crippen LogP contribution in [-0.2, 0) is 0 Å². The first kappa shape index (κ1) is 21.8.